The Balaban J connectivity index is 1.79. The molecule has 0 unspecified atom stereocenters. The van der Waals surface area contributed by atoms with Crippen molar-refractivity contribution < 1.29 is 4.57 Å². The first kappa shape index (κ1) is 21.4. The molecule has 5 nitrogen and oxygen atoms in total. The lowest BCUT2D eigenvalue weighted by Crippen LogP contribution is -2.36. The molecule has 2 aromatic heterocycles. The number of hydrogen-bond acceptors (Lipinski definition) is 3. The third-order valence-electron chi connectivity index (χ3n) is 5.13. The van der Waals surface area contributed by atoms with E-state index in [-0.39, 0.29) is 5.56 Å². The minimum Gasteiger partial charge on any atom is -0.281 e. The topological polar surface area (TPSA) is 42.8 Å². The van der Waals surface area contributed by atoms with Gasteiger partial charge in [-0.05, 0) is 37.3 Å². The van der Waals surface area contributed by atoms with E-state index in [1.54, 1.807) is 10.7 Å². The maximum atomic E-state index is 13.3. The van der Waals surface area contributed by atoms with Crippen molar-refractivity contribution in [3.05, 3.63) is 92.7 Å². The lowest BCUT2D eigenvalue weighted by atomic mass is 10.2. The van der Waals surface area contributed by atoms with Gasteiger partial charge in [-0.25, -0.2) is 14.6 Å². The van der Waals surface area contributed by atoms with Gasteiger partial charge in [0.2, 0.25) is 5.69 Å². The summed E-state index contributed by atoms with van der Waals surface area (Å²) in [6.45, 7) is 6.38. The van der Waals surface area contributed by atoms with Crippen LogP contribution in [0, 0.1) is 6.92 Å². The van der Waals surface area contributed by atoms with Gasteiger partial charge < -0.3 is 0 Å². The van der Waals surface area contributed by atoms with Gasteiger partial charge in [0.25, 0.3) is 0 Å². The van der Waals surface area contributed by atoms with Crippen molar-refractivity contribution in [2.75, 3.05) is 5.32 Å². The van der Waals surface area contributed by atoms with Crippen molar-refractivity contribution >= 4 is 45.4 Å². The molecule has 0 atom stereocenters. The summed E-state index contributed by atoms with van der Waals surface area (Å²) < 4.78 is 5.57. The van der Waals surface area contributed by atoms with Crippen molar-refractivity contribution in [2.45, 2.75) is 13.5 Å². The Morgan fingerprint density at radius 3 is 2.58 bits per heavy atom. The first-order valence-corrected chi connectivity index (χ1v) is 11.2. The average molecular weight is 472 g/mol. The van der Waals surface area contributed by atoms with Crippen molar-refractivity contribution in [3.8, 4) is 16.9 Å². The standard InChI is InChI=1S/C23H20Cl2N4OS/c1-4-12-28-20(16-10-11-18(24)19(25)13-16)14-31-23(28)26-21-15(2)27(3)29(22(21)30)17-8-6-5-7-9-17/h4-11,13-14H,1,12H2,2-3H3/p+1. The second-order valence-electron chi connectivity index (χ2n) is 7.02. The summed E-state index contributed by atoms with van der Waals surface area (Å²) in [5, 5.41) is 7.22. The van der Waals surface area contributed by atoms with E-state index in [1.165, 1.54) is 11.3 Å². The Hall–Kier alpha value is -2.80. The summed E-state index contributed by atoms with van der Waals surface area (Å²) in [5.74, 6) is 0. The predicted molar refractivity (Wildman–Crippen MR) is 129 cm³/mol. The fourth-order valence-electron chi connectivity index (χ4n) is 3.45. The van der Waals surface area contributed by atoms with Gasteiger partial charge in [-0.15, -0.1) is 0 Å². The molecule has 0 aliphatic heterocycles. The minimum absolute atomic E-state index is 0.110. The average Bonchev–Trinajstić information content (AvgIpc) is 3.25. The SMILES string of the molecule is C=CC[n+]1c(-c2ccc(Cl)c(Cl)c2)csc1Nc1c(C)n(C)n(-c2ccccc2)c1=O. The van der Waals surface area contributed by atoms with Gasteiger partial charge in [-0.2, -0.15) is 0 Å². The number of hydrogen-bond donors (Lipinski definition) is 1. The number of thiazole rings is 1. The number of nitrogens with one attached hydrogen (secondary N) is 1. The Bertz CT molecular complexity index is 1320. The molecule has 158 valence electrons. The maximum Gasteiger partial charge on any atom is 0.339 e. The number of aromatic nitrogens is 3. The highest BCUT2D eigenvalue weighted by Crippen LogP contribution is 2.30. The van der Waals surface area contributed by atoms with Crippen LogP contribution in [0.3, 0.4) is 0 Å². The molecule has 0 bridgehead atoms. The third-order valence-corrected chi connectivity index (χ3v) is 6.76. The Kier molecular flexibility index (Phi) is 6.05. The van der Waals surface area contributed by atoms with Crippen LogP contribution < -0.4 is 15.4 Å². The lowest BCUT2D eigenvalue weighted by Gasteiger charge is -2.06. The zero-order chi connectivity index (χ0) is 22.1. The highest BCUT2D eigenvalue weighted by Gasteiger charge is 2.25. The number of anilines is 2. The van der Waals surface area contributed by atoms with Crippen LogP contribution in [0.2, 0.25) is 10.0 Å². The van der Waals surface area contributed by atoms with Gasteiger partial charge in [0, 0.05) is 18.0 Å². The zero-order valence-electron chi connectivity index (χ0n) is 17.1. The van der Waals surface area contributed by atoms with E-state index >= 15 is 0 Å². The molecule has 31 heavy (non-hydrogen) atoms. The molecule has 0 amide bonds. The van der Waals surface area contributed by atoms with E-state index in [4.69, 9.17) is 23.2 Å². The van der Waals surface area contributed by atoms with E-state index < -0.39 is 0 Å². The second kappa shape index (κ2) is 8.75. The van der Waals surface area contributed by atoms with Gasteiger partial charge in [0.15, 0.2) is 0 Å². The number of para-hydroxylation sites is 1. The Morgan fingerprint density at radius 2 is 1.90 bits per heavy atom. The summed E-state index contributed by atoms with van der Waals surface area (Å²) in [6.07, 6.45) is 1.82. The molecule has 2 aromatic carbocycles. The van der Waals surface area contributed by atoms with E-state index in [2.05, 4.69) is 16.5 Å². The van der Waals surface area contributed by atoms with E-state index in [1.807, 2.05) is 72.6 Å². The third kappa shape index (κ3) is 3.94. The Morgan fingerprint density at radius 1 is 1.16 bits per heavy atom. The quantitative estimate of drug-likeness (QED) is 0.287. The molecule has 0 aliphatic carbocycles. The normalized spacial score (nSPS) is 11.0. The van der Waals surface area contributed by atoms with E-state index in [0.29, 0.717) is 22.3 Å². The number of allylic oxidation sites excluding steroid dienone is 1. The molecule has 1 N–H and O–H groups in total. The molecule has 8 heteroatoms. The number of benzene rings is 2. The highest BCUT2D eigenvalue weighted by molar-refractivity contribution is 7.13. The van der Waals surface area contributed by atoms with Gasteiger partial charge in [0.05, 0.1) is 21.4 Å². The van der Waals surface area contributed by atoms with Crippen LogP contribution in [-0.2, 0) is 13.6 Å². The van der Waals surface area contributed by atoms with Crippen molar-refractivity contribution in [1.82, 2.24) is 9.36 Å². The van der Waals surface area contributed by atoms with E-state index in [0.717, 1.165) is 27.8 Å². The summed E-state index contributed by atoms with van der Waals surface area (Å²) in [5.41, 5.74) is 3.97. The first-order valence-electron chi connectivity index (χ1n) is 9.61. The molecule has 0 radical (unpaired) electrons. The molecular weight excluding hydrogens is 451 g/mol. The number of halogens is 2. The minimum atomic E-state index is -0.110. The van der Waals surface area contributed by atoms with Crippen LogP contribution in [0.1, 0.15) is 5.69 Å². The first-order chi connectivity index (χ1) is 14.9. The van der Waals surface area contributed by atoms with Crippen LogP contribution in [0.5, 0.6) is 0 Å². The highest BCUT2D eigenvalue weighted by atomic mass is 35.5. The zero-order valence-corrected chi connectivity index (χ0v) is 19.4. The van der Waals surface area contributed by atoms with E-state index in [9.17, 15) is 4.79 Å². The summed E-state index contributed by atoms with van der Waals surface area (Å²) in [4.78, 5) is 13.3. The molecule has 0 fully saturated rings. The largest absolute Gasteiger partial charge is 0.339 e. The summed E-state index contributed by atoms with van der Waals surface area (Å²) >= 11 is 13.8. The van der Waals surface area contributed by atoms with Crippen LogP contribution in [0.15, 0.2) is 71.4 Å². The van der Waals surface area contributed by atoms with Crippen molar-refractivity contribution in [3.63, 3.8) is 0 Å². The molecule has 4 rings (SSSR count). The smallest absolute Gasteiger partial charge is 0.281 e. The second-order valence-corrected chi connectivity index (χ2v) is 8.69. The van der Waals surface area contributed by atoms with Gasteiger partial charge in [-0.1, -0.05) is 65.4 Å². The lowest BCUT2D eigenvalue weighted by molar-refractivity contribution is -0.657. The maximum absolute atomic E-state index is 13.3. The molecule has 2 heterocycles. The Labute approximate surface area is 194 Å². The molecular formula is C23H21Cl2N4OS+. The molecule has 4 aromatic rings. The van der Waals surface area contributed by atoms with Crippen LogP contribution in [-0.4, -0.2) is 9.36 Å². The van der Waals surface area contributed by atoms with Gasteiger partial charge in [0.1, 0.15) is 12.2 Å². The van der Waals surface area contributed by atoms with Crippen LogP contribution >= 0.6 is 34.5 Å². The monoisotopic (exact) mass is 471 g/mol. The summed E-state index contributed by atoms with van der Waals surface area (Å²) in [6, 6.07) is 15.1. The van der Waals surface area contributed by atoms with Crippen molar-refractivity contribution in [2.24, 2.45) is 7.05 Å². The molecule has 0 aliphatic rings. The molecule has 0 saturated carbocycles. The van der Waals surface area contributed by atoms with Crippen molar-refractivity contribution in [1.29, 1.82) is 0 Å². The fraction of sp³-hybridized carbons (Fsp3) is 0.130. The predicted octanol–water partition coefficient (Wildman–Crippen LogP) is 5.74. The van der Waals surface area contributed by atoms with Gasteiger partial charge in [-0.3, -0.25) is 9.48 Å². The summed E-state index contributed by atoms with van der Waals surface area (Å²) in [7, 11) is 1.88. The number of nitrogens with zero attached hydrogens (tertiary/aromatic N) is 3. The van der Waals surface area contributed by atoms with Crippen LogP contribution in [0.25, 0.3) is 16.9 Å². The van der Waals surface area contributed by atoms with Gasteiger partial charge >= 0.3 is 10.7 Å². The van der Waals surface area contributed by atoms with Crippen LogP contribution in [0.4, 0.5) is 10.8 Å². The molecule has 0 saturated heterocycles. The molecule has 0 spiro atoms. The number of rotatable bonds is 6. The fourth-order valence-corrected chi connectivity index (χ4v) is 4.70.